The summed E-state index contributed by atoms with van der Waals surface area (Å²) in [6, 6.07) is 22.5. The van der Waals surface area contributed by atoms with E-state index in [-0.39, 0.29) is 12.5 Å². The van der Waals surface area contributed by atoms with E-state index in [1.165, 1.54) is 0 Å². The average Bonchev–Trinajstić information content (AvgIpc) is 2.95. The number of anilines is 3. The van der Waals surface area contributed by atoms with Crippen molar-refractivity contribution in [3.63, 3.8) is 0 Å². The molecule has 0 saturated carbocycles. The van der Waals surface area contributed by atoms with E-state index in [0.717, 1.165) is 46.9 Å². The van der Waals surface area contributed by atoms with Crippen LogP contribution in [0.4, 0.5) is 17.2 Å². The Morgan fingerprint density at radius 1 is 1.00 bits per heavy atom. The van der Waals surface area contributed by atoms with E-state index in [4.69, 9.17) is 20.4 Å². The molecule has 1 aliphatic heterocycles. The molecule has 8 nitrogen and oxygen atoms in total. The first-order valence-corrected chi connectivity index (χ1v) is 12.2. The van der Waals surface area contributed by atoms with Gasteiger partial charge in [-0.3, -0.25) is 4.79 Å². The highest BCUT2D eigenvalue weighted by atomic mass is 16.5. The minimum absolute atomic E-state index is 0.0453. The van der Waals surface area contributed by atoms with Crippen LogP contribution in [-0.4, -0.2) is 47.3 Å². The minimum atomic E-state index is -0.230. The molecule has 8 heteroatoms. The number of rotatable bonds is 6. The summed E-state index contributed by atoms with van der Waals surface area (Å²) >= 11 is 0. The molecule has 1 amide bonds. The summed E-state index contributed by atoms with van der Waals surface area (Å²) in [5.74, 6) is 1.12. The lowest BCUT2D eigenvalue weighted by atomic mass is 10.1. The summed E-state index contributed by atoms with van der Waals surface area (Å²) in [6.45, 7) is 4.54. The molecular formula is C29H29N5O3. The van der Waals surface area contributed by atoms with Crippen molar-refractivity contribution in [1.82, 2.24) is 9.97 Å². The topological polar surface area (TPSA) is 114 Å². The molecule has 4 aromatic rings. The Hall–Kier alpha value is -4.27. The molecule has 1 fully saturated rings. The highest BCUT2D eigenvalue weighted by Crippen LogP contribution is 2.29. The number of aromatic nitrogens is 2. The smallest absolute Gasteiger partial charge is 0.256 e. The number of morpholine rings is 1. The third-order valence-corrected chi connectivity index (χ3v) is 6.45. The number of hydrogen-bond donors (Lipinski definition) is 3. The van der Waals surface area contributed by atoms with Gasteiger partial charge in [-0.2, -0.15) is 0 Å². The number of carbonyl (C=O) groups excluding carboxylic acids is 1. The first kappa shape index (κ1) is 24.4. The predicted molar refractivity (Wildman–Crippen MR) is 145 cm³/mol. The SMILES string of the molecule is Cc1c(N)cccc1C(=O)Nc1cccc(-c2nc(-c3cccc(CO)c3)cc(N3CCOCC3)n2)c1. The molecule has 0 spiro atoms. The fraction of sp³-hybridized carbons (Fsp3) is 0.207. The van der Waals surface area contributed by atoms with Gasteiger partial charge in [0.2, 0.25) is 0 Å². The van der Waals surface area contributed by atoms with Crippen molar-refractivity contribution in [1.29, 1.82) is 0 Å². The molecule has 4 N–H and O–H groups in total. The van der Waals surface area contributed by atoms with Crippen LogP contribution in [0.1, 0.15) is 21.5 Å². The Labute approximate surface area is 215 Å². The molecular weight excluding hydrogens is 466 g/mol. The standard InChI is InChI=1S/C29H29N5O3/c1-19-24(9-4-10-25(19)30)29(36)31-23-8-3-7-22(16-23)28-32-26(21-6-2-5-20(15-21)18-35)17-27(33-28)34-11-13-37-14-12-34/h2-10,15-17,35H,11-14,18,30H2,1H3,(H,31,36). The van der Waals surface area contributed by atoms with E-state index in [2.05, 4.69) is 10.2 Å². The lowest BCUT2D eigenvalue weighted by Crippen LogP contribution is -2.36. The van der Waals surface area contributed by atoms with Crippen LogP contribution in [0.2, 0.25) is 0 Å². The third-order valence-electron chi connectivity index (χ3n) is 6.45. The van der Waals surface area contributed by atoms with Crippen LogP contribution in [0.25, 0.3) is 22.6 Å². The summed E-state index contributed by atoms with van der Waals surface area (Å²) in [5, 5.41) is 12.6. The van der Waals surface area contributed by atoms with Gasteiger partial charge in [0.1, 0.15) is 5.82 Å². The van der Waals surface area contributed by atoms with Gasteiger partial charge in [-0.25, -0.2) is 9.97 Å². The summed E-state index contributed by atoms with van der Waals surface area (Å²) in [5.41, 5.74) is 11.7. The molecule has 1 aliphatic rings. The van der Waals surface area contributed by atoms with Crippen molar-refractivity contribution in [3.8, 4) is 22.6 Å². The van der Waals surface area contributed by atoms with Crippen molar-refractivity contribution in [3.05, 3.63) is 89.5 Å². The maximum Gasteiger partial charge on any atom is 0.256 e. The van der Waals surface area contributed by atoms with Gasteiger partial charge in [0, 0.05) is 47.2 Å². The van der Waals surface area contributed by atoms with Gasteiger partial charge >= 0.3 is 0 Å². The highest BCUT2D eigenvalue weighted by molar-refractivity contribution is 6.06. The van der Waals surface area contributed by atoms with E-state index >= 15 is 0 Å². The van der Waals surface area contributed by atoms with E-state index in [1.54, 1.807) is 18.2 Å². The molecule has 5 rings (SSSR count). The van der Waals surface area contributed by atoms with E-state index in [0.29, 0.717) is 36.0 Å². The van der Waals surface area contributed by atoms with Crippen molar-refractivity contribution in [2.75, 3.05) is 42.3 Å². The molecule has 2 heterocycles. The van der Waals surface area contributed by atoms with Gasteiger partial charge in [0.05, 0.1) is 25.5 Å². The summed E-state index contributed by atoms with van der Waals surface area (Å²) in [4.78, 5) is 24.9. The number of benzene rings is 3. The van der Waals surface area contributed by atoms with Crippen LogP contribution in [0.5, 0.6) is 0 Å². The van der Waals surface area contributed by atoms with Crippen LogP contribution in [0.3, 0.4) is 0 Å². The van der Waals surface area contributed by atoms with E-state index in [1.807, 2.05) is 61.5 Å². The van der Waals surface area contributed by atoms with E-state index < -0.39 is 0 Å². The Morgan fingerprint density at radius 2 is 1.76 bits per heavy atom. The number of nitrogen functional groups attached to an aromatic ring is 1. The number of nitrogens with zero attached hydrogens (tertiary/aromatic N) is 3. The summed E-state index contributed by atoms with van der Waals surface area (Å²) in [7, 11) is 0. The average molecular weight is 496 g/mol. The fourth-order valence-electron chi connectivity index (χ4n) is 4.33. The van der Waals surface area contributed by atoms with Crippen molar-refractivity contribution in [2.24, 2.45) is 0 Å². The Balaban J connectivity index is 1.51. The van der Waals surface area contributed by atoms with Crippen molar-refractivity contribution >= 4 is 23.1 Å². The van der Waals surface area contributed by atoms with Gasteiger partial charge in [-0.1, -0.05) is 36.4 Å². The van der Waals surface area contributed by atoms with Crippen LogP contribution in [0.15, 0.2) is 72.8 Å². The molecule has 188 valence electrons. The molecule has 0 aliphatic carbocycles. The number of nitrogens with two attached hydrogens (primary N) is 1. The van der Waals surface area contributed by atoms with Gasteiger partial charge < -0.3 is 25.8 Å². The number of aliphatic hydroxyl groups is 1. The lowest BCUT2D eigenvalue weighted by molar-refractivity contribution is 0.102. The zero-order chi connectivity index (χ0) is 25.8. The number of nitrogens with one attached hydrogen (secondary N) is 1. The van der Waals surface area contributed by atoms with Crippen LogP contribution in [-0.2, 0) is 11.3 Å². The summed E-state index contributed by atoms with van der Waals surface area (Å²) < 4.78 is 5.53. The number of aliphatic hydroxyl groups excluding tert-OH is 1. The number of ether oxygens (including phenoxy) is 1. The van der Waals surface area contributed by atoms with Crippen molar-refractivity contribution in [2.45, 2.75) is 13.5 Å². The monoisotopic (exact) mass is 495 g/mol. The van der Waals surface area contributed by atoms with Gasteiger partial charge in [0.25, 0.3) is 5.91 Å². The largest absolute Gasteiger partial charge is 0.398 e. The predicted octanol–water partition coefficient (Wildman–Crippen LogP) is 4.28. The van der Waals surface area contributed by atoms with Gasteiger partial charge in [0.15, 0.2) is 5.82 Å². The second-order valence-corrected chi connectivity index (χ2v) is 8.95. The normalized spacial score (nSPS) is 13.4. The third kappa shape index (κ3) is 5.45. The molecule has 0 unspecified atom stereocenters. The number of amides is 1. The lowest BCUT2D eigenvalue weighted by Gasteiger charge is -2.28. The molecule has 3 aromatic carbocycles. The maximum absolute atomic E-state index is 13.0. The fourth-order valence-corrected chi connectivity index (χ4v) is 4.33. The minimum Gasteiger partial charge on any atom is -0.398 e. The molecule has 1 saturated heterocycles. The Kier molecular flexibility index (Phi) is 7.11. The van der Waals surface area contributed by atoms with Crippen LogP contribution < -0.4 is 16.0 Å². The van der Waals surface area contributed by atoms with E-state index in [9.17, 15) is 9.90 Å². The quantitative estimate of drug-likeness (QED) is 0.342. The molecule has 37 heavy (non-hydrogen) atoms. The summed E-state index contributed by atoms with van der Waals surface area (Å²) in [6.07, 6.45) is 0. The van der Waals surface area contributed by atoms with Crippen LogP contribution >= 0.6 is 0 Å². The molecule has 0 bridgehead atoms. The zero-order valence-corrected chi connectivity index (χ0v) is 20.6. The van der Waals surface area contributed by atoms with Crippen LogP contribution in [0, 0.1) is 6.92 Å². The molecule has 0 radical (unpaired) electrons. The van der Waals surface area contributed by atoms with Gasteiger partial charge in [-0.15, -0.1) is 0 Å². The number of hydrogen-bond acceptors (Lipinski definition) is 7. The Bertz CT molecular complexity index is 1430. The molecule has 0 atom stereocenters. The Morgan fingerprint density at radius 3 is 2.57 bits per heavy atom. The van der Waals surface area contributed by atoms with Gasteiger partial charge in [-0.05, 0) is 48.4 Å². The second-order valence-electron chi connectivity index (χ2n) is 8.95. The first-order chi connectivity index (χ1) is 18.0. The number of carbonyl (C=O) groups is 1. The molecule has 1 aromatic heterocycles. The zero-order valence-electron chi connectivity index (χ0n) is 20.6. The highest BCUT2D eigenvalue weighted by Gasteiger charge is 2.17. The maximum atomic E-state index is 13.0. The second kappa shape index (κ2) is 10.8. The first-order valence-electron chi connectivity index (χ1n) is 12.2. The van der Waals surface area contributed by atoms with Crippen molar-refractivity contribution < 1.29 is 14.6 Å².